The first-order valence-electron chi connectivity index (χ1n) is 10.9. The summed E-state index contributed by atoms with van der Waals surface area (Å²) in [5, 5.41) is 16.1. The van der Waals surface area contributed by atoms with Crippen molar-refractivity contribution < 1.29 is 33.9 Å². The second-order valence-electron chi connectivity index (χ2n) is 8.38. The maximum atomic E-state index is 12.7. The normalized spacial score (nSPS) is 14.4. The lowest BCUT2D eigenvalue weighted by atomic mass is 10.0. The van der Waals surface area contributed by atoms with E-state index in [0.717, 1.165) is 0 Å². The van der Waals surface area contributed by atoms with Gasteiger partial charge < -0.3 is 44.0 Å². The summed E-state index contributed by atoms with van der Waals surface area (Å²) < 4.78 is 0. The second-order valence-corrected chi connectivity index (χ2v) is 8.38. The molecule has 4 atom stereocenters. The molecule has 4 unspecified atom stereocenters. The summed E-state index contributed by atoms with van der Waals surface area (Å²) in [6.45, 7) is 4.02. The number of carbonyl (C=O) groups excluding carboxylic acids is 5. The van der Waals surface area contributed by atoms with Crippen molar-refractivity contribution in [3.63, 3.8) is 0 Å². The van der Waals surface area contributed by atoms with E-state index in [1.807, 2.05) is 13.8 Å². The van der Waals surface area contributed by atoms with Crippen LogP contribution in [-0.4, -0.2) is 71.3 Å². The molecule has 0 fully saturated rings. The van der Waals surface area contributed by atoms with Gasteiger partial charge in [0.1, 0.15) is 18.1 Å². The highest BCUT2D eigenvalue weighted by Gasteiger charge is 2.32. The van der Waals surface area contributed by atoms with Crippen molar-refractivity contribution in [3.05, 3.63) is 0 Å². The van der Waals surface area contributed by atoms with E-state index in [4.69, 9.17) is 22.9 Å². The lowest BCUT2D eigenvalue weighted by Gasteiger charge is -2.24. The van der Waals surface area contributed by atoms with E-state index < -0.39 is 72.5 Å². The summed E-state index contributed by atoms with van der Waals surface area (Å²) >= 11 is 0. The first kappa shape index (κ1) is 30.7. The van der Waals surface area contributed by atoms with Crippen molar-refractivity contribution in [1.29, 1.82) is 0 Å². The van der Waals surface area contributed by atoms with Crippen molar-refractivity contribution >= 4 is 35.5 Å². The zero-order valence-corrected chi connectivity index (χ0v) is 19.5. The van der Waals surface area contributed by atoms with Crippen LogP contribution in [0.2, 0.25) is 0 Å². The van der Waals surface area contributed by atoms with Gasteiger partial charge >= 0.3 is 5.97 Å². The zero-order valence-electron chi connectivity index (χ0n) is 19.5. The van der Waals surface area contributed by atoms with Crippen LogP contribution in [0.3, 0.4) is 0 Å². The smallest absolute Gasteiger partial charge is 0.326 e. The molecule has 0 aliphatic heterocycles. The van der Waals surface area contributed by atoms with Crippen LogP contribution in [0.4, 0.5) is 0 Å². The molecule has 0 saturated carbocycles. The molecule has 0 aliphatic rings. The summed E-state index contributed by atoms with van der Waals surface area (Å²) in [5.74, 6) is -5.79. The molecular formula is C20H37N7O7. The molecule has 0 aliphatic carbocycles. The molecule has 14 nitrogen and oxygen atoms in total. The standard InChI is InChI=1S/C20H37N7O7/c1-10(2)7-11(22)17(30)26-13(8-15(23)28)19(32)27-14(9-16(24)29)18(31)25-12(20(33)34)5-3-4-6-21/h10-14H,3-9,21-22H2,1-2H3,(H2,23,28)(H2,24,29)(H,25,31)(H,26,30)(H,27,32)(H,33,34). The van der Waals surface area contributed by atoms with Crippen LogP contribution in [0.15, 0.2) is 0 Å². The molecule has 0 radical (unpaired) electrons. The van der Waals surface area contributed by atoms with Crippen LogP contribution in [0.1, 0.15) is 52.4 Å². The summed E-state index contributed by atoms with van der Waals surface area (Å²) in [5.41, 5.74) is 21.5. The molecule has 0 heterocycles. The van der Waals surface area contributed by atoms with Crippen molar-refractivity contribution in [2.75, 3.05) is 6.54 Å². The highest BCUT2D eigenvalue weighted by Crippen LogP contribution is 2.05. The second kappa shape index (κ2) is 15.6. The SMILES string of the molecule is CC(C)CC(N)C(=O)NC(CC(N)=O)C(=O)NC(CC(N)=O)C(=O)NC(CCCCN)C(=O)O. The van der Waals surface area contributed by atoms with Gasteiger partial charge in [0.05, 0.1) is 18.9 Å². The molecule has 0 bridgehead atoms. The van der Waals surface area contributed by atoms with Crippen molar-refractivity contribution in [2.24, 2.45) is 28.9 Å². The predicted octanol–water partition coefficient (Wildman–Crippen LogP) is -3.22. The zero-order chi connectivity index (χ0) is 26.4. The minimum Gasteiger partial charge on any atom is -0.480 e. The molecule has 0 saturated heterocycles. The maximum absolute atomic E-state index is 12.7. The van der Waals surface area contributed by atoms with Gasteiger partial charge in [-0.3, -0.25) is 24.0 Å². The Labute approximate surface area is 197 Å². The molecule has 0 aromatic carbocycles. The Hall–Kier alpha value is -3.26. The lowest BCUT2D eigenvalue weighted by Crippen LogP contribution is -2.58. The predicted molar refractivity (Wildman–Crippen MR) is 121 cm³/mol. The van der Waals surface area contributed by atoms with Gasteiger partial charge in [0.15, 0.2) is 0 Å². The van der Waals surface area contributed by atoms with Gasteiger partial charge in [-0.25, -0.2) is 4.79 Å². The fourth-order valence-corrected chi connectivity index (χ4v) is 3.01. The number of primary amides is 2. The molecule has 34 heavy (non-hydrogen) atoms. The lowest BCUT2D eigenvalue weighted by molar-refractivity contribution is -0.142. The van der Waals surface area contributed by atoms with Gasteiger partial charge in [0, 0.05) is 0 Å². The van der Waals surface area contributed by atoms with Gasteiger partial charge in [0.2, 0.25) is 29.5 Å². The fraction of sp³-hybridized carbons (Fsp3) is 0.700. The molecule has 194 valence electrons. The third-order valence-electron chi connectivity index (χ3n) is 4.70. The number of nitrogens with one attached hydrogen (secondary N) is 3. The maximum Gasteiger partial charge on any atom is 0.326 e. The topological polar surface area (TPSA) is 263 Å². The monoisotopic (exact) mass is 487 g/mol. The first-order valence-corrected chi connectivity index (χ1v) is 10.9. The van der Waals surface area contributed by atoms with Crippen molar-refractivity contribution in [3.8, 4) is 0 Å². The largest absolute Gasteiger partial charge is 0.480 e. The van der Waals surface area contributed by atoms with E-state index >= 15 is 0 Å². The number of aliphatic carboxylic acids is 1. The summed E-state index contributed by atoms with van der Waals surface area (Å²) in [6.07, 6.45) is 0.0802. The summed E-state index contributed by atoms with van der Waals surface area (Å²) in [4.78, 5) is 72.0. The minimum atomic E-state index is -1.56. The van der Waals surface area contributed by atoms with Gasteiger partial charge in [-0.15, -0.1) is 0 Å². The van der Waals surface area contributed by atoms with Gasteiger partial charge in [-0.1, -0.05) is 13.8 Å². The van der Waals surface area contributed by atoms with E-state index in [2.05, 4.69) is 16.0 Å². The Morgan fingerprint density at radius 3 is 1.59 bits per heavy atom. The number of amides is 5. The highest BCUT2D eigenvalue weighted by molar-refractivity contribution is 5.97. The van der Waals surface area contributed by atoms with E-state index in [9.17, 15) is 33.9 Å². The average Bonchev–Trinajstić information content (AvgIpc) is 2.70. The quantitative estimate of drug-likeness (QED) is 0.0957. The Bertz CT molecular complexity index is 745. The molecule has 12 N–H and O–H groups in total. The van der Waals surface area contributed by atoms with Gasteiger partial charge in [-0.05, 0) is 38.1 Å². The molecule has 0 aromatic rings. The number of unbranched alkanes of at least 4 members (excludes halogenated alkanes) is 1. The number of nitrogens with two attached hydrogens (primary N) is 4. The van der Waals surface area contributed by atoms with Crippen LogP contribution < -0.4 is 38.9 Å². The number of rotatable bonds is 17. The third-order valence-corrected chi connectivity index (χ3v) is 4.70. The average molecular weight is 488 g/mol. The van der Waals surface area contributed by atoms with Crippen LogP contribution in [0.25, 0.3) is 0 Å². The molecule has 0 spiro atoms. The molecule has 0 rings (SSSR count). The number of hydrogen-bond donors (Lipinski definition) is 8. The van der Waals surface area contributed by atoms with Crippen molar-refractivity contribution in [1.82, 2.24) is 16.0 Å². The summed E-state index contributed by atoms with van der Waals surface area (Å²) in [7, 11) is 0. The number of carboxylic acids is 1. The van der Waals surface area contributed by atoms with E-state index in [-0.39, 0.29) is 12.3 Å². The molecule has 14 heteroatoms. The van der Waals surface area contributed by atoms with Crippen LogP contribution in [0.5, 0.6) is 0 Å². The Balaban J connectivity index is 5.49. The van der Waals surface area contributed by atoms with E-state index in [0.29, 0.717) is 25.8 Å². The van der Waals surface area contributed by atoms with Gasteiger partial charge in [-0.2, -0.15) is 0 Å². The minimum absolute atomic E-state index is 0.0730. The van der Waals surface area contributed by atoms with Crippen LogP contribution >= 0.6 is 0 Å². The number of hydrogen-bond acceptors (Lipinski definition) is 8. The van der Waals surface area contributed by atoms with Crippen LogP contribution in [0, 0.1) is 5.92 Å². The Morgan fingerprint density at radius 1 is 0.765 bits per heavy atom. The van der Waals surface area contributed by atoms with Crippen molar-refractivity contribution in [2.45, 2.75) is 76.5 Å². The fourth-order valence-electron chi connectivity index (χ4n) is 3.01. The Kier molecular flexibility index (Phi) is 14.1. The summed E-state index contributed by atoms with van der Waals surface area (Å²) in [6, 6.07) is -5.29. The van der Waals surface area contributed by atoms with E-state index in [1.54, 1.807) is 0 Å². The number of carbonyl (C=O) groups is 6. The number of carboxylic acid groups (broad SMARTS) is 1. The Morgan fingerprint density at radius 2 is 1.21 bits per heavy atom. The van der Waals surface area contributed by atoms with E-state index in [1.165, 1.54) is 0 Å². The third kappa shape index (κ3) is 12.7. The molecular weight excluding hydrogens is 450 g/mol. The highest BCUT2D eigenvalue weighted by atomic mass is 16.4. The van der Waals surface area contributed by atoms with Crippen LogP contribution in [-0.2, 0) is 28.8 Å². The first-order chi connectivity index (χ1) is 15.8. The molecule has 0 aromatic heterocycles. The molecule has 5 amide bonds. The van der Waals surface area contributed by atoms with Gasteiger partial charge in [0.25, 0.3) is 0 Å².